The lowest BCUT2D eigenvalue weighted by Gasteiger charge is -1.95. The molecular formula is C9H8ClF. The van der Waals surface area contributed by atoms with Gasteiger partial charge in [-0.25, -0.2) is 4.39 Å². The van der Waals surface area contributed by atoms with Crippen LogP contribution < -0.4 is 0 Å². The third-order valence-corrected chi connectivity index (χ3v) is 1.57. The highest BCUT2D eigenvalue weighted by Gasteiger charge is 1.94. The lowest BCUT2D eigenvalue weighted by molar-refractivity contribution is 0.615. The molecule has 1 rings (SSSR count). The summed E-state index contributed by atoms with van der Waals surface area (Å²) in [6.45, 7) is 0. The van der Waals surface area contributed by atoms with Crippen molar-refractivity contribution in [3.63, 3.8) is 0 Å². The van der Waals surface area contributed by atoms with E-state index in [1.54, 1.807) is 0 Å². The van der Waals surface area contributed by atoms with Crippen LogP contribution in [0.3, 0.4) is 0 Å². The fourth-order valence-electron chi connectivity index (χ4n) is 0.829. The topological polar surface area (TPSA) is 0 Å². The molecule has 0 spiro atoms. The molecule has 2 heteroatoms. The molecule has 0 atom stereocenters. The van der Waals surface area contributed by atoms with Gasteiger partial charge in [0.25, 0.3) is 0 Å². The van der Waals surface area contributed by atoms with E-state index >= 15 is 0 Å². The minimum absolute atomic E-state index is 0.282. The SMILES string of the molecule is FC(=CCl)Cc1ccccc1. The van der Waals surface area contributed by atoms with Crippen LogP contribution in [0.2, 0.25) is 0 Å². The molecule has 0 aliphatic heterocycles. The minimum Gasteiger partial charge on any atom is -0.210 e. The second-order valence-electron chi connectivity index (χ2n) is 2.22. The number of hydrogen-bond acceptors (Lipinski definition) is 0. The molecule has 0 unspecified atom stereocenters. The number of hydrogen-bond donors (Lipinski definition) is 0. The van der Waals surface area contributed by atoms with Crippen LogP contribution in [0.4, 0.5) is 4.39 Å². The molecule has 0 aliphatic carbocycles. The third kappa shape index (κ3) is 2.72. The maximum absolute atomic E-state index is 12.5. The van der Waals surface area contributed by atoms with Crippen molar-refractivity contribution in [1.82, 2.24) is 0 Å². The van der Waals surface area contributed by atoms with Gasteiger partial charge in [0.15, 0.2) is 0 Å². The van der Waals surface area contributed by atoms with E-state index in [2.05, 4.69) is 0 Å². The summed E-state index contributed by atoms with van der Waals surface area (Å²) in [6.07, 6.45) is 0.282. The number of allylic oxidation sites excluding steroid dienone is 1. The van der Waals surface area contributed by atoms with Crippen molar-refractivity contribution in [3.8, 4) is 0 Å². The van der Waals surface area contributed by atoms with E-state index in [0.717, 1.165) is 11.1 Å². The summed E-state index contributed by atoms with van der Waals surface area (Å²) in [4.78, 5) is 0. The molecule has 0 heterocycles. The second-order valence-corrected chi connectivity index (χ2v) is 2.44. The molecule has 0 saturated heterocycles. The van der Waals surface area contributed by atoms with Crippen LogP contribution in [0.25, 0.3) is 0 Å². The fourth-order valence-corrected chi connectivity index (χ4v) is 0.907. The van der Waals surface area contributed by atoms with Gasteiger partial charge in [0.2, 0.25) is 0 Å². The van der Waals surface area contributed by atoms with E-state index in [1.165, 1.54) is 0 Å². The average Bonchev–Trinajstić information content (AvgIpc) is 2.06. The Morgan fingerprint density at radius 1 is 1.36 bits per heavy atom. The number of halogens is 2. The molecule has 0 saturated carbocycles. The first kappa shape index (κ1) is 8.28. The largest absolute Gasteiger partial charge is 0.210 e. The van der Waals surface area contributed by atoms with Gasteiger partial charge >= 0.3 is 0 Å². The first-order valence-electron chi connectivity index (χ1n) is 3.31. The maximum Gasteiger partial charge on any atom is 0.116 e. The summed E-state index contributed by atoms with van der Waals surface area (Å²) in [5.74, 6) is -0.308. The van der Waals surface area contributed by atoms with Crippen molar-refractivity contribution in [1.29, 1.82) is 0 Å². The summed E-state index contributed by atoms with van der Waals surface area (Å²) < 4.78 is 12.5. The van der Waals surface area contributed by atoms with Gasteiger partial charge in [-0.1, -0.05) is 41.9 Å². The molecule has 11 heavy (non-hydrogen) atoms. The molecule has 0 N–H and O–H groups in total. The van der Waals surface area contributed by atoms with E-state index < -0.39 is 0 Å². The minimum atomic E-state index is -0.308. The Hall–Kier alpha value is -0.820. The zero-order valence-corrected chi connectivity index (χ0v) is 6.68. The molecule has 0 fully saturated rings. The summed E-state index contributed by atoms with van der Waals surface area (Å²) >= 11 is 5.16. The van der Waals surface area contributed by atoms with Crippen molar-refractivity contribution in [2.24, 2.45) is 0 Å². The van der Waals surface area contributed by atoms with Crippen molar-refractivity contribution >= 4 is 11.6 Å². The quantitative estimate of drug-likeness (QED) is 0.639. The molecular weight excluding hydrogens is 163 g/mol. The van der Waals surface area contributed by atoms with E-state index in [4.69, 9.17) is 11.6 Å². The Bertz CT molecular complexity index is 241. The second kappa shape index (κ2) is 4.14. The summed E-state index contributed by atoms with van der Waals surface area (Å²) in [5.41, 5.74) is 1.90. The standard InChI is InChI=1S/C9H8ClF/c10-7-9(11)6-8-4-2-1-3-5-8/h1-5,7H,6H2. The van der Waals surface area contributed by atoms with Crippen LogP contribution in [0.5, 0.6) is 0 Å². The molecule has 58 valence electrons. The number of benzene rings is 1. The van der Waals surface area contributed by atoms with E-state index in [9.17, 15) is 4.39 Å². The van der Waals surface area contributed by atoms with Gasteiger partial charge in [-0.2, -0.15) is 0 Å². The Morgan fingerprint density at radius 2 is 2.00 bits per heavy atom. The van der Waals surface area contributed by atoms with E-state index in [-0.39, 0.29) is 12.2 Å². The molecule has 0 bridgehead atoms. The summed E-state index contributed by atoms with van der Waals surface area (Å²) in [6, 6.07) is 9.36. The molecule has 0 nitrogen and oxygen atoms in total. The highest BCUT2D eigenvalue weighted by Crippen LogP contribution is 2.09. The lowest BCUT2D eigenvalue weighted by atomic mass is 10.1. The molecule has 1 aromatic rings. The summed E-state index contributed by atoms with van der Waals surface area (Å²) in [5, 5.41) is 0. The van der Waals surface area contributed by atoms with Crippen molar-refractivity contribution in [2.75, 3.05) is 0 Å². The predicted molar refractivity (Wildman–Crippen MR) is 45.2 cm³/mol. The third-order valence-electron chi connectivity index (χ3n) is 1.33. The Labute approximate surface area is 70.3 Å². The smallest absolute Gasteiger partial charge is 0.116 e. The van der Waals surface area contributed by atoms with Crippen LogP contribution >= 0.6 is 11.6 Å². The molecule has 0 aromatic heterocycles. The average molecular weight is 171 g/mol. The van der Waals surface area contributed by atoms with Crippen molar-refractivity contribution in [3.05, 3.63) is 47.3 Å². The van der Waals surface area contributed by atoms with Gasteiger partial charge in [0.1, 0.15) is 5.83 Å². The first-order chi connectivity index (χ1) is 5.33. The molecule has 0 amide bonds. The molecule has 1 aromatic carbocycles. The zero-order chi connectivity index (χ0) is 8.10. The highest BCUT2D eigenvalue weighted by atomic mass is 35.5. The van der Waals surface area contributed by atoms with E-state index in [1.807, 2.05) is 30.3 Å². The lowest BCUT2D eigenvalue weighted by Crippen LogP contribution is -1.82. The van der Waals surface area contributed by atoms with Gasteiger partial charge in [-0.15, -0.1) is 0 Å². The van der Waals surface area contributed by atoms with Gasteiger partial charge in [-0.3, -0.25) is 0 Å². The Morgan fingerprint density at radius 3 is 2.55 bits per heavy atom. The highest BCUT2D eigenvalue weighted by molar-refractivity contribution is 6.25. The van der Waals surface area contributed by atoms with Crippen LogP contribution in [0.1, 0.15) is 5.56 Å². The van der Waals surface area contributed by atoms with Gasteiger partial charge < -0.3 is 0 Å². The van der Waals surface area contributed by atoms with Gasteiger partial charge in [-0.05, 0) is 5.56 Å². The van der Waals surface area contributed by atoms with Crippen molar-refractivity contribution in [2.45, 2.75) is 6.42 Å². The van der Waals surface area contributed by atoms with Gasteiger partial charge in [0.05, 0.1) is 0 Å². The maximum atomic E-state index is 12.5. The molecule has 0 radical (unpaired) electrons. The van der Waals surface area contributed by atoms with Gasteiger partial charge in [0, 0.05) is 12.0 Å². The fraction of sp³-hybridized carbons (Fsp3) is 0.111. The summed E-state index contributed by atoms with van der Waals surface area (Å²) in [7, 11) is 0. The van der Waals surface area contributed by atoms with Crippen LogP contribution in [0, 0.1) is 0 Å². The Kier molecular flexibility index (Phi) is 3.12. The number of rotatable bonds is 2. The van der Waals surface area contributed by atoms with Crippen LogP contribution in [0.15, 0.2) is 41.7 Å². The zero-order valence-electron chi connectivity index (χ0n) is 5.93. The predicted octanol–water partition coefficient (Wildman–Crippen LogP) is 3.28. The van der Waals surface area contributed by atoms with Crippen LogP contribution in [-0.4, -0.2) is 0 Å². The molecule has 0 aliphatic rings. The first-order valence-corrected chi connectivity index (χ1v) is 3.75. The van der Waals surface area contributed by atoms with Crippen molar-refractivity contribution < 1.29 is 4.39 Å². The Balaban J connectivity index is 2.65. The van der Waals surface area contributed by atoms with Crippen LogP contribution in [-0.2, 0) is 6.42 Å². The monoisotopic (exact) mass is 170 g/mol. The van der Waals surface area contributed by atoms with E-state index in [0.29, 0.717) is 0 Å². The normalized spacial score (nSPS) is 11.6.